The van der Waals surface area contributed by atoms with Crippen molar-refractivity contribution >= 4 is 45.8 Å². The molecule has 0 amide bonds. The number of halogens is 2. The van der Waals surface area contributed by atoms with E-state index < -0.39 is 0 Å². The smallest absolute Gasteiger partial charge is 0.213 e. The van der Waals surface area contributed by atoms with Gasteiger partial charge in [0.25, 0.3) is 0 Å². The monoisotopic (exact) mass is 500 g/mol. The summed E-state index contributed by atoms with van der Waals surface area (Å²) in [7, 11) is 0. The zero-order valence-electron chi connectivity index (χ0n) is 18.8. The van der Waals surface area contributed by atoms with Crippen LogP contribution in [0.3, 0.4) is 0 Å². The number of hydrogen-bond acceptors (Lipinski definition) is 6. The summed E-state index contributed by atoms with van der Waals surface area (Å²) in [6, 6.07) is 5.58. The first kappa shape index (κ1) is 22.1. The molecule has 4 aromatic rings. The fourth-order valence-electron chi connectivity index (χ4n) is 5.56. The Kier molecular flexibility index (Phi) is 5.27. The van der Waals surface area contributed by atoms with E-state index in [1.807, 2.05) is 28.9 Å². The van der Waals surface area contributed by atoms with Gasteiger partial charge in [0.1, 0.15) is 12.4 Å². The van der Waals surface area contributed by atoms with Gasteiger partial charge in [0, 0.05) is 54.3 Å². The Labute approximate surface area is 206 Å². The van der Waals surface area contributed by atoms with Gasteiger partial charge in [-0.05, 0) is 25.8 Å². The molecule has 178 valence electrons. The van der Waals surface area contributed by atoms with Crippen LogP contribution in [0, 0.1) is 5.41 Å². The third-order valence-electron chi connectivity index (χ3n) is 7.62. The number of nitrogens with two attached hydrogens (primary N) is 1. The number of ether oxygens (including phenoxy) is 1. The molecule has 2 aliphatic heterocycles. The number of hydrogen-bond donors (Lipinski definition) is 2. The number of aromatic nitrogens is 4. The molecule has 0 unspecified atom stereocenters. The summed E-state index contributed by atoms with van der Waals surface area (Å²) in [5.74, 6) is 0.798. The van der Waals surface area contributed by atoms with Gasteiger partial charge >= 0.3 is 0 Å². The second-order valence-electron chi connectivity index (χ2n) is 9.38. The van der Waals surface area contributed by atoms with Crippen molar-refractivity contribution in [3.05, 3.63) is 46.8 Å². The number of imidazole rings is 1. The maximum Gasteiger partial charge on any atom is 0.213 e. The van der Waals surface area contributed by atoms with Crippen molar-refractivity contribution in [2.75, 3.05) is 24.6 Å². The summed E-state index contributed by atoms with van der Waals surface area (Å²) in [5, 5.41) is 11.9. The van der Waals surface area contributed by atoms with Crippen LogP contribution >= 0.6 is 23.2 Å². The zero-order chi connectivity index (χ0) is 23.6. The Morgan fingerprint density at radius 2 is 2.00 bits per heavy atom. The molecule has 6 rings (SSSR count). The third-order valence-corrected chi connectivity index (χ3v) is 8.44. The molecule has 10 heteroatoms. The lowest BCUT2D eigenvalue weighted by molar-refractivity contribution is 0.0973. The highest BCUT2D eigenvalue weighted by Crippen LogP contribution is 2.43. The van der Waals surface area contributed by atoms with E-state index in [2.05, 4.69) is 16.8 Å². The second kappa shape index (κ2) is 8.10. The molecule has 1 spiro atoms. The van der Waals surface area contributed by atoms with Gasteiger partial charge in [-0.3, -0.25) is 4.40 Å². The molecule has 1 aromatic carbocycles. The van der Waals surface area contributed by atoms with Crippen molar-refractivity contribution in [2.24, 2.45) is 11.1 Å². The van der Waals surface area contributed by atoms with Crippen LogP contribution < -0.4 is 10.6 Å². The molecule has 0 radical (unpaired) electrons. The molecule has 3 aromatic heterocycles. The molecule has 8 nitrogen and oxygen atoms in total. The molecule has 2 aliphatic rings. The summed E-state index contributed by atoms with van der Waals surface area (Å²) in [6.07, 6.45) is 7.53. The molecule has 2 fully saturated rings. The first-order valence-electron chi connectivity index (χ1n) is 11.5. The Balaban J connectivity index is 1.47. The Bertz CT molecular complexity index is 1390. The molecule has 0 bridgehead atoms. The minimum Gasteiger partial charge on any atom is -0.376 e. The lowest BCUT2D eigenvalue weighted by Gasteiger charge is -2.41. The Morgan fingerprint density at radius 1 is 1.21 bits per heavy atom. The maximum absolute atomic E-state index is 10.1. The van der Waals surface area contributed by atoms with Crippen molar-refractivity contribution in [3.8, 4) is 11.1 Å². The summed E-state index contributed by atoms with van der Waals surface area (Å²) < 4.78 is 9.61. The molecular formula is C24H26Cl2N6O2. The molecule has 0 aliphatic carbocycles. The lowest BCUT2D eigenvalue weighted by atomic mass is 9.73. The van der Waals surface area contributed by atoms with E-state index in [4.69, 9.17) is 38.7 Å². The highest BCUT2D eigenvalue weighted by atomic mass is 35.5. The van der Waals surface area contributed by atoms with Gasteiger partial charge in [-0.15, -0.1) is 0 Å². The largest absolute Gasteiger partial charge is 0.376 e. The van der Waals surface area contributed by atoms with Crippen molar-refractivity contribution in [1.29, 1.82) is 0 Å². The summed E-state index contributed by atoms with van der Waals surface area (Å²) in [6.45, 7) is 4.20. The van der Waals surface area contributed by atoms with E-state index >= 15 is 0 Å². The topological polar surface area (TPSA) is 93.8 Å². The van der Waals surface area contributed by atoms with E-state index in [1.54, 1.807) is 16.8 Å². The van der Waals surface area contributed by atoms with Crippen LogP contribution in [0.15, 0.2) is 36.8 Å². The first-order chi connectivity index (χ1) is 16.4. The number of anilines is 1. The summed E-state index contributed by atoms with van der Waals surface area (Å²) >= 11 is 12.9. The Hall–Kier alpha value is -2.36. The summed E-state index contributed by atoms with van der Waals surface area (Å²) in [4.78, 5) is 12.0. The van der Waals surface area contributed by atoms with Gasteiger partial charge in [0.2, 0.25) is 5.95 Å². The average Bonchev–Trinajstić information content (AvgIpc) is 3.54. The number of piperidine rings is 1. The summed E-state index contributed by atoms with van der Waals surface area (Å²) in [5.41, 5.74) is 9.54. The minimum atomic E-state index is -0.217. The second-order valence-corrected chi connectivity index (χ2v) is 10.2. The van der Waals surface area contributed by atoms with E-state index in [9.17, 15) is 5.11 Å². The van der Waals surface area contributed by atoms with Gasteiger partial charge in [0.05, 0.1) is 28.1 Å². The highest BCUT2D eigenvalue weighted by molar-refractivity contribution is 6.44. The lowest BCUT2D eigenvalue weighted by Crippen LogP contribution is -2.51. The van der Waals surface area contributed by atoms with Gasteiger partial charge in [-0.1, -0.05) is 35.3 Å². The van der Waals surface area contributed by atoms with Gasteiger partial charge in [0.15, 0.2) is 5.65 Å². The van der Waals surface area contributed by atoms with Gasteiger partial charge in [-0.2, -0.15) is 4.98 Å². The number of nitrogens with zero attached hydrogens (tertiary/aromatic N) is 5. The SMILES string of the molecule is C[C@@H]1OCC2(CCN(c3nc4c(c(-c5cccc(Cl)c5Cl)cn4CO)c4nccn34)CC2)[C@@H]1N. The quantitative estimate of drug-likeness (QED) is 0.442. The predicted molar refractivity (Wildman–Crippen MR) is 133 cm³/mol. The molecular weight excluding hydrogens is 475 g/mol. The standard InChI is InChI=1S/C24H26Cl2N6O2/c1-14-20(27)24(12-34-14)5-8-30(9-6-24)23-29-22-18(21-28-7-10-32(21)23)16(11-31(22)13-33)15-3-2-4-17(25)19(15)26/h2-4,7,10-11,14,20,33H,5-6,8-9,12-13,27H2,1H3/t14-,20+/m0/s1. The van der Waals surface area contributed by atoms with Crippen LogP contribution in [0.2, 0.25) is 10.0 Å². The van der Waals surface area contributed by atoms with Crippen LogP contribution in [0.1, 0.15) is 19.8 Å². The van der Waals surface area contributed by atoms with E-state index in [0.29, 0.717) is 22.3 Å². The maximum atomic E-state index is 10.1. The normalized spacial score (nSPS) is 22.4. The van der Waals surface area contributed by atoms with E-state index in [-0.39, 0.29) is 24.3 Å². The minimum absolute atomic E-state index is 0.0237. The number of aliphatic hydroxyl groups excluding tert-OH is 1. The van der Waals surface area contributed by atoms with Crippen LogP contribution in [-0.4, -0.2) is 55.9 Å². The highest BCUT2D eigenvalue weighted by Gasteiger charge is 2.47. The molecule has 3 N–H and O–H groups in total. The van der Waals surface area contributed by atoms with Crippen LogP contribution in [0.25, 0.3) is 27.8 Å². The zero-order valence-corrected chi connectivity index (χ0v) is 20.3. The molecule has 2 atom stereocenters. The third kappa shape index (κ3) is 3.17. The van der Waals surface area contributed by atoms with Crippen molar-refractivity contribution in [3.63, 3.8) is 0 Å². The first-order valence-corrected chi connectivity index (χ1v) is 12.2. The number of fused-ring (bicyclic) bond motifs is 3. The average molecular weight is 501 g/mol. The van der Waals surface area contributed by atoms with Crippen LogP contribution in [-0.2, 0) is 11.5 Å². The van der Waals surface area contributed by atoms with Crippen molar-refractivity contribution in [1.82, 2.24) is 18.9 Å². The van der Waals surface area contributed by atoms with Crippen LogP contribution in [0.5, 0.6) is 0 Å². The molecule has 5 heterocycles. The molecule has 0 saturated carbocycles. The molecule has 2 saturated heterocycles. The van der Waals surface area contributed by atoms with Crippen molar-refractivity contribution in [2.45, 2.75) is 38.6 Å². The number of benzene rings is 1. The van der Waals surface area contributed by atoms with Gasteiger partial charge < -0.3 is 25.0 Å². The fourth-order valence-corrected chi connectivity index (χ4v) is 5.96. The predicted octanol–water partition coefficient (Wildman–Crippen LogP) is 3.94. The Morgan fingerprint density at radius 3 is 2.71 bits per heavy atom. The van der Waals surface area contributed by atoms with Crippen molar-refractivity contribution < 1.29 is 9.84 Å². The van der Waals surface area contributed by atoms with E-state index in [1.165, 1.54) is 0 Å². The number of aliphatic hydroxyl groups is 1. The van der Waals surface area contributed by atoms with E-state index in [0.717, 1.165) is 54.0 Å². The molecule has 34 heavy (non-hydrogen) atoms. The van der Waals surface area contributed by atoms with Gasteiger partial charge in [-0.25, -0.2) is 4.98 Å². The number of rotatable bonds is 3. The van der Waals surface area contributed by atoms with Crippen LogP contribution in [0.4, 0.5) is 5.95 Å². The fraction of sp³-hybridized carbons (Fsp3) is 0.417.